The zero-order chi connectivity index (χ0) is 14.8. The number of hydrogen-bond acceptors (Lipinski definition) is 4. The zero-order valence-electron chi connectivity index (χ0n) is 12.9. The van der Waals surface area contributed by atoms with Crippen molar-refractivity contribution in [2.45, 2.75) is 44.7 Å². The quantitative estimate of drug-likeness (QED) is 0.868. The van der Waals surface area contributed by atoms with Gasteiger partial charge in [-0.1, -0.05) is 18.1 Å². The highest BCUT2D eigenvalue weighted by atomic mass is 16.5. The number of aryl methyl sites for hydroxylation is 1. The summed E-state index contributed by atoms with van der Waals surface area (Å²) in [5.74, 6) is -0.264. The van der Waals surface area contributed by atoms with Crippen molar-refractivity contribution in [3.8, 4) is 0 Å². The molecule has 1 N–H and O–H groups in total. The number of esters is 1. The van der Waals surface area contributed by atoms with Gasteiger partial charge >= 0.3 is 5.97 Å². The predicted molar refractivity (Wildman–Crippen MR) is 83.8 cm³/mol. The fourth-order valence-electron chi connectivity index (χ4n) is 3.68. The summed E-state index contributed by atoms with van der Waals surface area (Å²) >= 11 is 0. The van der Waals surface area contributed by atoms with E-state index in [9.17, 15) is 4.79 Å². The summed E-state index contributed by atoms with van der Waals surface area (Å²) < 4.78 is 4.91. The molecule has 4 nitrogen and oxygen atoms in total. The lowest BCUT2D eigenvalue weighted by Gasteiger charge is -2.33. The Kier molecular flexibility index (Phi) is 4.15. The molecule has 1 aromatic rings. The number of hydrogen-bond donors (Lipinski definition) is 1. The topological polar surface area (TPSA) is 41.6 Å². The van der Waals surface area contributed by atoms with E-state index in [0.717, 1.165) is 17.7 Å². The van der Waals surface area contributed by atoms with Crippen LogP contribution in [0.4, 0.5) is 5.69 Å². The van der Waals surface area contributed by atoms with E-state index in [2.05, 4.69) is 10.2 Å². The molecule has 2 saturated heterocycles. The molecule has 0 radical (unpaired) electrons. The largest absolute Gasteiger partial charge is 0.465 e. The average molecular weight is 288 g/mol. The molecule has 4 heteroatoms. The number of nitrogens with zero attached hydrogens (tertiary/aromatic N) is 1. The molecule has 2 unspecified atom stereocenters. The van der Waals surface area contributed by atoms with Crippen LogP contribution < -0.4 is 5.32 Å². The molecule has 2 aliphatic heterocycles. The van der Waals surface area contributed by atoms with Crippen LogP contribution in [0.3, 0.4) is 0 Å². The van der Waals surface area contributed by atoms with Crippen molar-refractivity contribution >= 4 is 11.7 Å². The molecule has 1 aromatic carbocycles. The second-order valence-electron chi connectivity index (χ2n) is 6.18. The van der Waals surface area contributed by atoms with Gasteiger partial charge in [0.2, 0.25) is 0 Å². The summed E-state index contributed by atoms with van der Waals surface area (Å²) in [6.07, 6.45) is 5.05. The SMILES string of the molecule is COC(=O)c1cc(C)ccc1NC1CCN2CCCCC12. The van der Waals surface area contributed by atoms with E-state index in [0.29, 0.717) is 17.6 Å². The molecule has 2 aliphatic rings. The fraction of sp³-hybridized carbons (Fsp3) is 0.588. The predicted octanol–water partition coefficient (Wildman–Crippen LogP) is 2.82. The second-order valence-corrected chi connectivity index (χ2v) is 6.18. The summed E-state index contributed by atoms with van der Waals surface area (Å²) in [5, 5.41) is 3.61. The highest BCUT2D eigenvalue weighted by molar-refractivity contribution is 5.95. The van der Waals surface area contributed by atoms with Gasteiger partial charge in [0, 0.05) is 24.3 Å². The Morgan fingerprint density at radius 2 is 2.14 bits per heavy atom. The molecular formula is C17H24N2O2. The highest BCUT2D eigenvalue weighted by Crippen LogP contribution is 2.30. The number of piperidine rings is 1. The van der Waals surface area contributed by atoms with Gasteiger partial charge in [-0.05, 0) is 44.9 Å². The summed E-state index contributed by atoms with van der Waals surface area (Å²) in [5.41, 5.74) is 2.63. The first-order chi connectivity index (χ1) is 10.2. The molecule has 0 bridgehead atoms. The van der Waals surface area contributed by atoms with Gasteiger partial charge in [-0.3, -0.25) is 4.90 Å². The zero-order valence-corrected chi connectivity index (χ0v) is 12.9. The van der Waals surface area contributed by atoms with E-state index in [-0.39, 0.29) is 5.97 Å². The Morgan fingerprint density at radius 3 is 2.95 bits per heavy atom. The fourth-order valence-corrected chi connectivity index (χ4v) is 3.68. The van der Waals surface area contributed by atoms with Gasteiger partial charge in [0.1, 0.15) is 0 Å². The van der Waals surface area contributed by atoms with Crippen LogP contribution in [0, 0.1) is 6.92 Å². The Labute approximate surface area is 126 Å². The summed E-state index contributed by atoms with van der Waals surface area (Å²) in [7, 11) is 1.44. The Hall–Kier alpha value is -1.55. The highest BCUT2D eigenvalue weighted by Gasteiger charge is 2.35. The maximum atomic E-state index is 12.0. The molecule has 2 fully saturated rings. The molecule has 114 valence electrons. The van der Waals surface area contributed by atoms with Crippen molar-refractivity contribution in [3.63, 3.8) is 0 Å². The van der Waals surface area contributed by atoms with Crippen molar-refractivity contribution in [3.05, 3.63) is 29.3 Å². The molecule has 2 heterocycles. The van der Waals surface area contributed by atoms with E-state index in [1.54, 1.807) is 0 Å². The summed E-state index contributed by atoms with van der Waals surface area (Å²) in [4.78, 5) is 14.6. The number of fused-ring (bicyclic) bond motifs is 1. The lowest BCUT2D eigenvalue weighted by molar-refractivity contribution is 0.0601. The standard InChI is InChI=1S/C17H24N2O2/c1-12-6-7-14(13(11-12)17(20)21-2)18-15-8-10-19-9-4-3-5-16(15)19/h6-7,11,15-16,18H,3-5,8-10H2,1-2H3. The minimum absolute atomic E-state index is 0.264. The van der Waals surface area contributed by atoms with Crippen LogP contribution in [0.25, 0.3) is 0 Å². The summed E-state index contributed by atoms with van der Waals surface area (Å²) in [6.45, 7) is 4.39. The van der Waals surface area contributed by atoms with E-state index in [1.165, 1.54) is 39.5 Å². The second kappa shape index (κ2) is 6.06. The molecule has 21 heavy (non-hydrogen) atoms. The van der Waals surface area contributed by atoms with E-state index in [1.807, 2.05) is 25.1 Å². The van der Waals surface area contributed by atoms with Crippen LogP contribution in [0.5, 0.6) is 0 Å². The molecule has 2 atom stereocenters. The third-order valence-electron chi connectivity index (χ3n) is 4.78. The average Bonchev–Trinajstić information content (AvgIpc) is 2.91. The first-order valence-corrected chi connectivity index (χ1v) is 7.88. The number of carbonyl (C=O) groups excluding carboxylic acids is 1. The van der Waals surface area contributed by atoms with Crippen molar-refractivity contribution in [2.75, 3.05) is 25.5 Å². The smallest absolute Gasteiger partial charge is 0.339 e. The lowest BCUT2D eigenvalue weighted by Crippen LogP contribution is -2.41. The summed E-state index contributed by atoms with van der Waals surface area (Å²) in [6, 6.07) is 7.01. The van der Waals surface area contributed by atoms with Crippen LogP contribution in [0.1, 0.15) is 41.6 Å². The monoisotopic (exact) mass is 288 g/mol. The number of carbonyl (C=O) groups is 1. The van der Waals surface area contributed by atoms with Crippen LogP contribution in [-0.4, -0.2) is 43.2 Å². The van der Waals surface area contributed by atoms with Gasteiger partial charge in [0.05, 0.1) is 12.7 Å². The van der Waals surface area contributed by atoms with E-state index in [4.69, 9.17) is 4.74 Å². The molecule has 0 spiro atoms. The van der Waals surface area contributed by atoms with Crippen LogP contribution >= 0.6 is 0 Å². The van der Waals surface area contributed by atoms with Crippen molar-refractivity contribution in [1.29, 1.82) is 0 Å². The molecule has 3 rings (SSSR count). The number of anilines is 1. The van der Waals surface area contributed by atoms with Gasteiger partial charge in [-0.25, -0.2) is 4.79 Å². The van der Waals surface area contributed by atoms with Gasteiger partial charge < -0.3 is 10.1 Å². The first-order valence-electron chi connectivity index (χ1n) is 7.88. The molecule has 0 aromatic heterocycles. The normalized spacial score (nSPS) is 25.4. The molecule has 0 amide bonds. The van der Waals surface area contributed by atoms with Gasteiger partial charge in [-0.2, -0.15) is 0 Å². The van der Waals surface area contributed by atoms with Crippen LogP contribution in [-0.2, 0) is 4.74 Å². The Morgan fingerprint density at radius 1 is 1.29 bits per heavy atom. The van der Waals surface area contributed by atoms with E-state index >= 15 is 0 Å². The maximum absolute atomic E-state index is 12.0. The maximum Gasteiger partial charge on any atom is 0.339 e. The molecule has 0 saturated carbocycles. The van der Waals surface area contributed by atoms with Crippen molar-refractivity contribution in [2.24, 2.45) is 0 Å². The lowest BCUT2D eigenvalue weighted by atomic mass is 9.98. The Bertz CT molecular complexity index is 530. The van der Waals surface area contributed by atoms with Crippen molar-refractivity contribution < 1.29 is 9.53 Å². The number of benzene rings is 1. The number of nitrogens with one attached hydrogen (secondary N) is 1. The minimum Gasteiger partial charge on any atom is -0.465 e. The molecule has 0 aliphatic carbocycles. The van der Waals surface area contributed by atoms with Gasteiger partial charge in [-0.15, -0.1) is 0 Å². The van der Waals surface area contributed by atoms with E-state index < -0.39 is 0 Å². The van der Waals surface area contributed by atoms with Crippen LogP contribution in [0.2, 0.25) is 0 Å². The third-order valence-corrected chi connectivity index (χ3v) is 4.78. The van der Waals surface area contributed by atoms with Crippen LogP contribution in [0.15, 0.2) is 18.2 Å². The Balaban J connectivity index is 1.80. The van der Waals surface area contributed by atoms with Gasteiger partial charge in [0.25, 0.3) is 0 Å². The third kappa shape index (κ3) is 2.91. The number of methoxy groups -OCH3 is 1. The first kappa shape index (κ1) is 14.4. The number of rotatable bonds is 3. The number of ether oxygens (including phenoxy) is 1. The molecular weight excluding hydrogens is 264 g/mol. The van der Waals surface area contributed by atoms with Gasteiger partial charge in [0.15, 0.2) is 0 Å². The van der Waals surface area contributed by atoms with Crippen molar-refractivity contribution in [1.82, 2.24) is 4.90 Å². The minimum atomic E-state index is -0.264.